The molecule has 0 bridgehead atoms. The second kappa shape index (κ2) is 6.12. The summed E-state index contributed by atoms with van der Waals surface area (Å²) in [5.74, 6) is -2.42. The van der Waals surface area contributed by atoms with E-state index < -0.39 is 35.0 Å². The molecular formula is C17H13F6O. The minimum Gasteiger partial charge on any atom is -0.218 e. The van der Waals surface area contributed by atoms with Gasteiger partial charge in [0.05, 0.1) is 11.5 Å². The molecule has 0 aliphatic rings. The Bertz CT molecular complexity index is 692. The first-order valence-electron chi connectivity index (χ1n) is 6.97. The maximum Gasteiger partial charge on any atom is 0.416 e. The molecule has 0 heterocycles. The van der Waals surface area contributed by atoms with Crippen molar-refractivity contribution in [3.05, 3.63) is 71.3 Å². The first kappa shape index (κ1) is 18.3. The fourth-order valence-electron chi connectivity index (χ4n) is 2.51. The molecule has 0 saturated carbocycles. The van der Waals surface area contributed by atoms with Crippen LogP contribution in [0.3, 0.4) is 0 Å². The van der Waals surface area contributed by atoms with Gasteiger partial charge in [0.2, 0.25) is 0 Å². The third-order valence-corrected chi connectivity index (χ3v) is 3.92. The van der Waals surface area contributed by atoms with Gasteiger partial charge in [-0.3, -0.25) is 0 Å². The zero-order valence-electron chi connectivity index (χ0n) is 12.4. The van der Waals surface area contributed by atoms with Gasteiger partial charge < -0.3 is 0 Å². The maximum atomic E-state index is 13.2. The zero-order chi connectivity index (χ0) is 18.2. The van der Waals surface area contributed by atoms with E-state index in [9.17, 15) is 31.4 Å². The predicted molar refractivity (Wildman–Crippen MR) is 74.6 cm³/mol. The standard InChI is InChI=1S/C17H13F6O/c1-11(16(18,19)20)15(24,12-6-3-2-4-7-12)13-8-5-9-14(10-13)17(21,22)23/h2-11H,1H3. The van der Waals surface area contributed by atoms with Crippen molar-refractivity contribution in [1.82, 2.24) is 0 Å². The van der Waals surface area contributed by atoms with Gasteiger partial charge in [0.1, 0.15) is 0 Å². The van der Waals surface area contributed by atoms with Crippen LogP contribution in [0.2, 0.25) is 0 Å². The highest BCUT2D eigenvalue weighted by Gasteiger charge is 2.53. The van der Waals surface area contributed by atoms with E-state index in [4.69, 9.17) is 0 Å². The molecule has 2 rings (SSSR count). The van der Waals surface area contributed by atoms with Gasteiger partial charge in [-0.2, -0.15) is 26.3 Å². The smallest absolute Gasteiger partial charge is 0.218 e. The van der Waals surface area contributed by atoms with Gasteiger partial charge >= 0.3 is 12.4 Å². The van der Waals surface area contributed by atoms with Gasteiger partial charge in [0.25, 0.3) is 0 Å². The summed E-state index contributed by atoms with van der Waals surface area (Å²) in [6.45, 7) is 0.681. The molecule has 2 unspecified atom stereocenters. The predicted octanol–water partition coefficient (Wildman–Crippen LogP) is 5.58. The highest BCUT2D eigenvalue weighted by Crippen LogP contribution is 2.46. The number of alkyl halides is 6. The summed E-state index contributed by atoms with van der Waals surface area (Å²) in [6.07, 6.45) is -9.62. The van der Waals surface area contributed by atoms with Crippen LogP contribution >= 0.6 is 0 Å². The molecule has 0 amide bonds. The van der Waals surface area contributed by atoms with Crippen molar-refractivity contribution in [2.45, 2.75) is 24.9 Å². The Morgan fingerprint density at radius 1 is 0.750 bits per heavy atom. The summed E-state index contributed by atoms with van der Waals surface area (Å²) in [5, 5.41) is 13.2. The van der Waals surface area contributed by atoms with Crippen molar-refractivity contribution in [1.29, 1.82) is 0 Å². The van der Waals surface area contributed by atoms with Crippen LogP contribution < -0.4 is 0 Å². The minimum absolute atomic E-state index is 0.242. The third kappa shape index (κ3) is 3.40. The Labute approximate surface area is 134 Å². The van der Waals surface area contributed by atoms with Crippen LogP contribution in [0, 0.1) is 5.92 Å². The van der Waals surface area contributed by atoms with Gasteiger partial charge in [0, 0.05) is 0 Å². The monoisotopic (exact) mass is 347 g/mol. The lowest BCUT2D eigenvalue weighted by Gasteiger charge is -2.34. The molecule has 0 fully saturated rings. The van der Waals surface area contributed by atoms with Gasteiger partial charge in [-0.05, 0) is 23.3 Å². The summed E-state index contributed by atoms with van der Waals surface area (Å²) in [7, 11) is 0. The van der Waals surface area contributed by atoms with Crippen LogP contribution in [-0.4, -0.2) is 6.18 Å². The molecule has 2 atom stereocenters. The van der Waals surface area contributed by atoms with Crippen LogP contribution in [0.5, 0.6) is 0 Å². The molecule has 24 heavy (non-hydrogen) atoms. The molecule has 0 aliphatic carbocycles. The number of benzene rings is 2. The van der Waals surface area contributed by atoms with Crippen molar-refractivity contribution in [2.24, 2.45) is 5.92 Å². The second-order valence-corrected chi connectivity index (χ2v) is 5.44. The van der Waals surface area contributed by atoms with Crippen LogP contribution in [-0.2, 0) is 16.9 Å². The van der Waals surface area contributed by atoms with Crippen LogP contribution in [0.15, 0.2) is 54.6 Å². The maximum absolute atomic E-state index is 13.2. The average molecular weight is 347 g/mol. The van der Waals surface area contributed by atoms with E-state index in [0.717, 1.165) is 12.1 Å². The largest absolute Gasteiger partial charge is 0.416 e. The number of halogens is 6. The molecule has 1 radical (unpaired) electrons. The molecule has 2 aromatic carbocycles. The fourth-order valence-corrected chi connectivity index (χ4v) is 2.51. The Morgan fingerprint density at radius 2 is 1.25 bits per heavy atom. The first-order chi connectivity index (χ1) is 11.0. The minimum atomic E-state index is -4.87. The van der Waals surface area contributed by atoms with Crippen molar-refractivity contribution in [2.75, 3.05) is 0 Å². The molecule has 0 aromatic heterocycles. The molecule has 1 nitrogen and oxygen atoms in total. The summed E-state index contributed by atoms with van der Waals surface area (Å²) >= 11 is 0. The fraction of sp³-hybridized carbons (Fsp3) is 0.294. The van der Waals surface area contributed by atoms with Gasteiger partial charge in [-0.1, -0.05) is 49.4 Å². The number of hydrogen-bond donors (Lipinski definition) is 0. The molecule has 129 valence electrons. The van der Waals surface area contributed by atoms with E-state index in [1.807, 2.05) is 0 Å². The lowest BCUT2D eigenvalue weighted by molar-refractivity contribution is -0.227. The molecule has 0 N–H and O–H groups in total. The number of rotatable bonds is 3. The van der Waals surface area contributed by atoms with Gasteiger partial charge in [-0.15, -0.1) is 0 Å². The summed E-state index contributed by atoms with van der Waals surface area (Å²) < 4.78 is 78.3. The Balaban J connectivity index is 2.69. The molecule has 2 aromatic rings. The lowest BCUT2D eigenvalue weighted by atomic mass is 9.76. The summed E-state index contributed by atoms with van der Waals surface area (Å²) in [5.41, 5.74) is -4.87. The zero-order valence-corrected chi connectivity index (χ0v) is 12.4. The molecular weight excluding hydrogens is 334 g/mol. The quantitative estimate of drug-likeness (QED) is 0.646. The van der Waals surface area contributed by atoms with Crippen LogP contribution in [0.1, 0.15) is 23.6 Å². The second-order valence-electron chi connectivity index (χ2n) is 5.44. The molecule has 7 heteroatoms. The normalized spacial score (nSPS) is 16.5. The number of hydrogen-bond acceptors (Lipinski definition) is 0. The Hall–Kier alpha value is -2.02. The Morgan fingerprint density at radius 3 is 1.75 bits per heavy atom. The van der Waals surface area contributed by atoms with E-state index in [-0.39, 0.29) is 5.56 Å². The van der Waals surface area contributed by atoms with Crippen molar-refractivity contribution in [3.8, 4) is 0 Å². The highest BCUT2D eigenvalue weighted by molar-refractivity contribution is 5.39. The van der Waals surface area contributed by atoms with E-state index in [1.165, 1.54) is 30.3 Å². The van der Waals surface area contributed by atoms with E-state index >= 15 is 0 Å². The topological polar surface area (TPSA) is 19.9 Å². The Kier molecular flexibility index (Phi) is 4.68. The van der Waals surface area contributed by atoms with Crippen molar-refractivity contribution in [3.63, 3.8) is 0 Å². The first-order valence-corrected chi connectivity index (χ1v) is 6.97. The van der Waals surface area contributed by atoms with Crippen LogP contribution in [0.4, 0.5) is 26.3 Å². The lowest BCUT2D eigenvalue weighted by Crippen LogP contribution is -2.42. The third-order valence-electron chi connectivity index (χ3n) is 3.92. The van der Waals surface area contributed by atoms with Gasteiger partial charge in [-0.25, -0.2) is 5.11 Å². The van der Waals surface area contributed by atoms with Crippen molar-refractivity contribution >= 4 is 0 Å². The van der Waals surface area contributed by atoms with Crippen LogP contribution in [0.25, 0.3) is 0 Å². The van der Waals surface area contributed by atoms with Gasteiger partial charge in [0.15, 0.2) is 5.60 Å². The molecule has 0 aliphatic heterocycles. The van der Waals surface area contributed by atoms with E-state index in [0.29, 0.717) is 19.1 Å². The summed E-state index contributed by atoms with van der Waals surface area (Å²) in [4.78, 5) is 0. The van der Waals surface area contributed by atoms with E-state index in [1.54, 1.807) is 0 Å². The SMILES string of the molecule is CC(C(F)(F)F)C([O])(c1ccccc1)c1cccc(C(F)(F)F)c1. The molecule has 0 spiro atoms. The van der Waals surface area contributed by atoms with Crippen molar-refractivity contribution < 1.29 is 31.4 Å². The molecule has 0 saturated heterocycles. The summed E-state index contributed by atoms with van der Waals surface area (Å²) in [6, 6.07) is 9.78. The average Bonchev–Trinajstić information content (AvgIpc) is 2.52. The highest BCUT2D eigenvalue weighted by atomic mass is 19.4. The van der Waals surface area contributed by atoms with E-state index in [2.05, 4.69) is 0 Å².